The minimum Gasteiger partial charge on any atom is -0.281 e. The highest BCUT2D eigenvalue weighted by Crippen LogP contribution is 2.41. The summed E-state index contributed by atoms with van der Waals surface area (Å²) in [4.78, 5) is 0.311. The summed E-state index contributed by atoms with van der Waals surface area (Å²) in [5, 5.41) is 6.61. The summed E-state index contributed by atoms with van der Waals surface area (Å²) in [5.41, 5.74) is 2.13. The van der Waals surface area contributed by atoms with Crippen LogP contribution in [0.3, 0.4) is 0 Å². The maximum Gasteiger partial charge on any atom is 0.248 e. The van der Waals surface area contributed by atoms with Crippen molar-refractivity contribution in [3.63, 3.8) is 0 Å². The zero-order chi connectivity index (χ0) is 15.0. The van der Waals surface area contributed by atoms with Crippen LogP contribution in [0.5, 0.6) is 0 Å². The summed E-state index contributed by atoms with van der Waals surface area (Å²) in [6, 6.07) is 9.76. The van der Waals surface area contributed by atoms with Crippen molar-refractivity contribution in [2.24, 2.45) is 0 Å². The van der Waals surface area contributed by atoms with Crippen LogP contribution in [0.4, 0.5) is 0 Å². The average Bonchev–Trinajstić information content (AvgIpc) is 3.07. The van der Waals surface area contributed by atoms with E-state index in [1.54, 1.807) is 29.9 Å². The van der Waals surface area contributed by atoms with Gasteiger partial charge in [-0.15, -0.1) is 11.8 Å². The topological polar surface area (TPSA) is 66.1 Å². The molecule has 0 spiro atoms. The number of benzene rings is 1. The molecule has 1 aliphatic heterocycles. The molecule has 0 amide bonds. The normalized spacial score (nSPS) is 20.0. The molecule has 5 nitrogen and oxygen atoms in total. The molecule has 0 aliphatic carbocycles. The molecule has 21 heavy (non-hydrogen) atoms. The molecule has 1 saturated heterocycles. The molecule has 2 heterocycles. The quantitative estimate of drug-likeness (QED) is 0.942. The second-order valence-electron chi connectivity index (χ2n) is 5.01. The van der Waals surface area contributed by atoms with Crippen molar-refractivity contribution in [1.82, 2.24) is 14.5 Å². The number of hydrogen-bond acceptors (Lipinski definition) is 4. The Morgan fingerprint density at radius 3 is 2.62 bits per heavy atom. The Balaban J connectivity index is 2.03. The minimum absolute atomic E-state index is 0.162. The van der Waals surface area contributed by atoms with Crippen LogP contribution in [0, 0.1) is 13.8 Å². The Morgan fingerprint density at radius 1 is 1.29 bits per heavy atom. The van der Waals surface area contributed by atoms with Crippen molar-refractivity contribution in [3.8, 4) is 0 Å². The standard InChI is InChI=1S/C14H17N3O2S2/c1-10-13(11(2)16-15-10)21(18,19)17-8-9-20-14(17)12-6-4-3-5-7-12/h3-7,14H,8-9H2,1-2H3,(H,15,16). The van der Waals surface area contributed by atoms with E-state index in [2.05, 4.69) is 10.2 Å². The van der Waals surface area contributed by atoms with Gasteiger partial charge >= 0.3 is 0 Å². The first-order valence-corrected chi connectivity index (χ1v) is 9.20. The van der Waals surface area contributed by atoms with Crippen molar-refractivity contribution < 1.29 is 8.42 Å². The van der Waals surface area contributed by atoms with Crippen LogP contribution in [-0.2, 0) is 10.0 Å². The predicted octanol–water partition coefficient (Wildman–Crippen LogP) is 2.46. The van der Waals surface area contributed by atoms with Crippen molar-refractivity contribution in [2.45, 2.75) is 24.1 Å². The van der Waals surface area contributed by atoms with Crippen LogP contribution in [0.15, 0.2) is 35.2 Å². The fourth-order valence-electron chi connectivity index (χ4n) is 2.62. The molecule has 3 rings (SSSR count). The third kappa shape index (κ3) is 2.49. The highest BCUT2D eigenvalue weighted by molar-refractivity contribution is 8.01. The maximum atomic E-state index is 13.0. The molecule has 1 aromatic heterocycles. The van der Waals surface area contributed by atoms with Gasteiger partial charge < -0.3 is 0 Å². The second kappa shape index (κ2) is 5.47. The van der Waals surface area contributed by atoms with Crippen LogP contribution in [0.1, 0.15) is 22.3 Å². The van der Waals surface area contributed by atoms with Crippen LogP contribution in [0.2, 0.25) is 0 Å². The van der Waals surface area contributed by atoms with E-state index in [4.69, 9.17) is 0 Å². The van der Waals surface area contributed by atoms with Gasteiger partial charge in [-0.3, -0.25) is 5.10 Å². The fourth-order valence-corrected chi connectivity index (χ4v) is 6.20. The largest absolute Gasteiger partial charge is 0.281 e. The van der Waals surface area contributed by atoms with E-state index in [0.717, 1.165) is 11.3 Å². The van der Waals surface area contributed by atoms with E-state index >= 15 is 0 Å². The van der Waals surface area contributed by atoms with E-state index in [-0.39, 0.29) is 5.37 Å². The van der Waals surface area contributed by atoms with Gasteiger partial charge in [0, 0.05) is 12.3 Å². The summed E-state index contributed by atoms with van der Waals surface area (Å²) in [5.74, 6) is 0.800. The van der Waals surface area contributed by atoms with Crippen LogP contribution >= 0.6 is 11.8 Å². The molecule has 1 aliphatic rings. The lowest BCUT2D eigenvalue weighted by molar-refractivity contribution is 0.433. The van der Waals surface area contributed by atoms with E-state index in [1.807, 2.05) is 30.3 Å². The smallest absolute Gasteiger partial charge is 0.248 e. The number of nitrogens with one attached hydrogen (secondary N) is 1. The molecule has 1 aromatic carbocycles. The summed E-state index contributed by atoms with van der Waals surface area (Å²) in [6.07, 6.45) is 0. The van der Waals surface area contributed by atoms with E-state index < -0.39 is 10.0 Å². The Kier molecular flexibility index (Phi) is 3.81. The molecule has 0 bridgehead atoms. The number of aromatic amines is 1. The van der Waals surface area contributed by atoms with Crippen molar-refractivity contribution >= 4 is 21.8 Å². The average molecular weight is 323 g/mol. The zero-order valence-corrected chi connectivity index (χ0v) is 13.5. The van der Waals surface area contributed by atoms with Crippen LogP contribution < -0.4 is 0 Å². The van der Waals surface area contributed by atoms with Crippen molar-refractivity contribution in [2.75, 3.05) is 12.3 Å². The molecule has 0 saturated carbocycles. The second-order valence-corrected chi connectivity index (χ2v) is 8.03. The Morgan fingerprint density at radius 2 is 2.00 bits per heavy atom. The highest BCUT2D eigenvalue weighted by atomic mass is 32.2. The Bertz CT molecular complexity index is 721. The van der Waals surface area contributed by atoms with E-state index in [9.17, 15) is 8.42 Å². The van der Waals surface area contributed by atoms with E-state index in [1.165, 1.54) is 0 Å². The summed E-state index contributed by atoms with van der Waals surface area (Å²) >= 11 is 1.66. The lowest BCUT2D eigenvalue weighted by Crippen LogP contribution is -2.31. The zero-order valence-electron chi connectivity index (χ0n) is 11.9. The molecule has 1 N–H and O–H groups in total. The number of thioether (sulfide) groups is 1. The number of aromatic nitrogens is 2. The predicted molar refractivity (Wildman–Crippen MR) is 83.6 cm³/mol. The van der Waals surface area contributed by atoms with Gasteiger partial charge in [-0.2, -0.15) is 9.40 Å². The van der Waals surface area contributed by atoms with Crippen LogP contribution in [0.25, 0.3) is 0 Å². The summed E-state index contributed by atoms with van der Waals surface area (Å²) in [7, 11) is -3.54. The lowest BCUT2D eigenvalue weighted by Gasteiger charge is -2.23. The summed E-state index contributed by atoms with van der Waals surface area (Å²) in [6.45, 7) is 3.99. The van der Waals surface area contributed by atoms with Gasteiger partial charge in [0.25, 0.3) is 0 Å². The number of aryl methyl sites for hydroxylation is 2. The molecular weight excluding hydrogens is 306 g/mol. The van der Waals surface area contributed by atoms with E-state index in [0.29, 0.717) is 22.8 Å². The molecular formula is C14H17N3O2S2. The SMILES string of the molecule is Cc1n[nH]c(C)c1S(=O)(=O)N1CCSC1c1ccccc1. The Labute approximate surface area is 128 Å². The maximum absolute atomic E-state index is 13.0. The van der Waals surface area contributed by atoms with Crippen molar-refractivity contribution in [3.05, 3.63) is 47.3 Å². The Hall–Kier alpha value is -1.31. The third-order valence-corrected chi connectivity index (χ3v) is 7.08. The molecule has 2 aromatic rings. The van der Waals surface area contributed by atoms with Gasteiger partial charge in [0.1, 0.15) is 4.90 Å². The third-order valence-electron chi connectivity index (χ3n) is 3.56. The highest BCUT2D eigenvalue weighted by Gasteiger charge is 2.38. The molecule has 1 fully saturated rings. The number of H-pyrrole nitrogens is 1. The first-order valence-electron chi connectivity index (χ1n) is 6.72. The van der Waals surface area contributed by atoms with Gasteiger partial charge in [-0.1, -0.05) is 30.3 Å². The molecule has 1 unspecified atom stereocenters. The first kappa shape index (κ1) is 14.6. The van der Waals surface area contributed by atoms with Gasteiger partial charge in [-0.05, 0) is 19.4 Å². The summed E-state index contributed by atoms with van der Waals surface area (Å²) < 4.78 is 27.5. The van der Waals surface area contributed by atoms with Gasteiger partial charge in [0.2, 0.25) is 10.0 Å². The molecule has 112 valence electrons. The molecule has 1 atom stereocenters. The van der Waals surface area contributed by atoms with Crippen LogP contribution in [-0.4, -0.2) is 35.2 Å². The van der Waals surface area contributed by atoms with Gasteiger partial charge in [0.15, 0.2) is 0 Å². The van der Waals surface area contributed by atoms with Crippen molar-refractivity contribution in [1.29, 1.82) is 0 Å². The first-order chi connectivity index (χ1) is 10.0. The monoisotopic (exact) mass is 323 g/mol. The fraction of sp³-hybridized carbons (Fsp3) is 0.357. The number of nitrogens with zero attached hydrogens (tertiary/aromatic N) is 2. The lowest BCUT2D eigenvalue weighted by atomic mass is 10.2. The molecule has 7 heteroatoms. The molecule has 0 radical (unpaired) electrons. The van der Waals surface area contributed by atoms with Gasteiger partial charge in [0.05, 0.1) is 16.8 Å². The number of hydrogen-bond donors (Lipinski definition) is 1. The van der Waals surface area contributed by atoms with Gasteiger partial charge in [-0.25, -0.2) is 8.42 Å². The minimum atomic E-state index is -3.54. The number of rotatable bonds is 3. The number of sulfonamides is 1.